The molecule has 2 aromatic carbocycles. The SMILES string of the molecule is CC(=O)c1ccc(-c2ccc(CN3CCC(Cn4cc(C(C)C)cn4)CC3)cc2)cc1. The lowest BCUT2D eigenvalue weighted by atomic mass is 9.96. The van der Waals surface area contributed by atoms with E-state index in [1.54, 1.807) is 6.92 Å². The number of piperidine rings is 1. The fourth-order valence-electron chi connectivity index (χ4n) is 4.33. The molecule has 4 nitrogen and oxygen atoms in total. The second-order valence-electron chi connectivity index (χ2n) is 9.20. The van der Waals surface area contributed by atoms with Crippen molar-refractivity contribution in [2.24, 2.45) is 5.92 Å². The van der Waals surface area contributed by atoms with E-state index in [0.29, 0.717) is 5.92 Å². The van der Waals surface area contributed by atoms with Crippen molar-refractivity contribution in [3.63, 3.8) is 0 Å². The first-order chi connectivity index (χ1) is 15.0. The number of hydrogen-bond donors (Lipinski definition) is 0. The van der Waals surface area contributed by atoms with E-state index in [-0.39, 0.29) is 5.78 Å². The summed E-state index contributed by atoms with van der Waals surface area (Å²) in [6, 6.07) is 16.7. The van der Waals surface area contributed by atoms with Crippen LogP contribution in [0, 0.1) is 5.92 Å². The number of rotatable bonds is 7. The zero-order valence-corrected chi connectivity index (χ0v) is 18.9. The molecule has 3 aromatic rings. The predicted molar refractivity (Wildman–Crippen MR) is 126 cm³/mol. The number of hydrogen-bond acceptors (Lipinski definition) is 3. The summed E-state index contributed by atoms with van der Waals surface area (Å²) in [5.41, 5.74) is 5.79. The van der Waals surface area contributed by atoms with Crippen LogP contribution in [-0.4, -0.2) is 33.6 Å². The van der Waals surface area contributed by atoms with Crippen molar-refractivity contribution >= 4 is 5.78 Å². The number of carbonyl (C=O) groups is 1. The summed E-state index contributed by atoms with van der Waals surface area (Å²) in [5, 5.41) is 4.55. The molecule has 1 aliphatic heterocycles. The Balaban J connectivity index is 1.28. The number of ketones is 1. The standard InChI is InChI=1S/C27H33N3O/c1-20(2)27-16-28-30(19-27)18-23-12-14-29(15-13-23)17-22-4-6-25(7-5-22)26-10-8-24(9-11-26)21(3)31/h4-11,16,19-20,23H,12-15,17-18H2,1-3H3. The van der Waals surface area contributed by atoms with Crippen LogP contribution in [0.3, 0.4) is 0 Å². The van der Waals surface area contributed by atoms with Crippen LogP contribution in [0.2, 0.25) is 0 Å². The molecule has 0 atom stereocenters. The molecule has 1 saturated heterocycles. The van der Waals surface area contributed by atoms with Crippen LogP contribution in [0.25, 0.3) is 11.1 Å². The average Bonchev–Trinajstić information content (AvgIpc) is 3.25. The third kappa shape index (κ3) is 5.50. The molecule has 0 N–H and O–H groups in total. The molecule has 0 saturated carbocycles. The summed E-state index contributed by atoms with van der Waals surface area (Å²) in [5.74, 6) is 1.37. The quantitative estimate of drug-likeness (QED) is 0.459. The van der Waals surface area contributed by atoms with Crippen molar-refractivity contribution < 1.29 is 4.79 Å². The average molecular weight is 416 g/mol. The number of Topliss-reactive ketones (excluding diaryl/α,β-unsaturated/α-hetero) is 1. The van der Waals surface area contributed by atoms with Gasteiger partial charge in [0.1, 0.15) is 0 Å². The van der Waals surface area contributed by atoms with E-state index >= 15 is 0 Å². The van der Waals surface area contributed by atoms with E-state index in [4.69, 9.17) is 0 Å². The third-order valence-electron chi connectivity index (χ3n) is 6.46. The Morgan fingerprint density at radius 3 is 2.16 bits per heavy atom. The molecular weight excluding hydrogens is 382 g/mol. The van der Waals surface area contributed by atoms with Gasteiger partial charge < -0.3 is 0 Å². The van der Waals surface area contributed by atoms with E-state index in [1.165, 1.54) is 29.5 Å². The van der Waals surface area contributed by atoms with Gasteiger partial charge in [0.25, 0.3) is 0 Å². The summed E-state index contributed by atoms with van der Waals surface area (Å²) >= 11 is 0. The van der Waals surface area contributed by atoms with Crippen LogP contribution in [0.15, 0.2) is 60.9 Å². The first-order valence-corrected chi connectivity index (χ1v) is 11.4. The lowest BCUT2D eigenvalue weighted by Gasteiger charge is -2.32. The maximum absolute atomic E-state index is 11.5. The molecule has 0 aliphatic carbocycles. The zero-order chi connectivity index (χ0) is 21.8. The molecule has 31 heavy (non-hydrogen) atoms. The summed E-state index contributed by atoms with van der Waals surface area (Å²) in [7, 11) is 0. The van der Waals surface area contributed by atoms with E-state index < -0.39 is 0 Å². The number of likely N-dealkylation sites (tertiary alicyclic amines) is 1. The van der Waals surface area contributed by atoms with Gasteiger partial charge in [0.05, 0.1) is 6.20 Å². The molecule has 0 spiro atoms. The lowest BCUT2D eigenvalue weighted by Crippen LogP contribution is -2.34. The summed E-state index contributed by atoms with van der Waals surface area (Å²) < 4.78 is 2.14. The van der Waals surface area contributed by atoms with Crippen LogP contribution in [0.1, 0.15) is 61.0 Å². The highest BCUT2D eigenvalue weighted by Crippen LogP contribution is 2.24. The fraction of sp³-hybridized carbons (Fsp3) is 0.407. The number of nitrogens with zero attached hydrogens (tertiary/aromatic N) is 3. The van der Waals surface area contributed by atoms with Crippen molar-refractivity contribution in [1.29, 1.82) is 0 Å². The Morgan fingerprint density at radius 1 is 1.00 bits per heavy atom. The Kier molecular flexibility index (Phi) is 6.67. The van der Waals surface area contributed by atoms with Gasteiger partial charge >= 0.3 is 0 Å². The minimum Gasteiger partial charge on any atom is -0.299 e. The molecule has 0 amide bonds. The van der Waals surface area contributed by atoms with E-state index in [9.17, 15) is 4.79 Å². The van der Waals surface area contributed by atoms with Crippen LogP contribution in [0.4, 0.5) is 0 Å². The molecule has 2 heterocycles. The van der Waals surface area contributed by atoms with E-state index in [0.717, 1.165) is 43.2 Å². The minimum atomic E-state index is 0.107. The lowest BCUT2D eigenvalue weighted by molar-refractivity contribution is 0.101. The Labute approximate surface area is 185 Å². The van der Waals surface area contributed by atoms with Crippen LogP contribution in [-0.2, 0) is 13.1 Å². The second-order valence-corrected chi connectivity index (χ2v) is 9.20. The van der Waals surface area contributed by atoms with Crippen LogP contribution >= 0.6 is 0 Å². The first kappa shape index (κ1) is 21.5. The van der Waals surface area contributed by atoms with Gasteiger partial charge in [-0.05, 0) is 66.9 Å². The van der Waals surface area contributed by atoms with Crippen molar-refractivity contribution in [1.82, 2.24) is 14.7 Å². The molecule has 1 aliphatic rings. The van der Waals surface area contributed by atoms with Crippen LogP contribution < -0.4 is 0 Å². The van der Waals surface area contributed by atoms with Gasteiger partial charge in [-0.3, -0.25) is 14.4 Å². The van der Waals surface area contributed by atoms with E-state index in [1.807, 2.05) is 30.5 Å². The predicted octanol–water partition coefficient (Wildman–Crippen LogP) is 5.79. The van der Waals surface area contributed by atoms with E-state index in [2.05, 4.69) is 59.0 Å². The molecule has 0 radical (unpaired) electrons. The largest absolute Gasteiger partial charge is 0.299 e. The molecule has 0 unspecified atom stereocenters. The molecular formula is C27H33N3O. The maximum Gasteiger partial charge on any atom is 0.159 e. The van der Waals surface area contributed by atoms with Gasteiger partial charge in [-0.1, -0.05) is 62.4 Å². The summed E-state index contributed by atoms with van der Waals surface area (Å²) in [4.78, 5) is 14.0. The van der Waals surface area contributed by atoms with Gasteiger partial charge in [-0.2, -0.15) is 5.10 Å². The normalized spacial score (nSPS) is 15.5. The Hall–Kier alpha value is -2.72. The number of aromatic nitrogens is 2. The Bertz CT molecular complexity index is 994. The highest BCUT2D eigenvalue weighted by atomic mass is 16.1. The molecule has 4 heteroatoms. The molecule has 1 fully saturated rings. The van der Waals surface area contributed by atoms with Crippen molar-refractivity contribution in [2.75, 3.05) is 13.1 Å². The number of benzene rings is 2. The highest BCUT2D eigenvalue weighted by Gasteiger charge is 2.20. The highest BCUT2D eigenvalue weighted by molar-refractivity contribution is 5.94. The first-order valence-electron chi connectivity index (χ1n) is 11.4. The smallest absolute Gasteiger partial charge is 0.159 e. The maximum atomic E-state index is 11.5. The zero-order valence-electron chi connectivity index (χ0n) is 18.9. The van der Waals surface area contributed by atoms with Gasteiger partial charge in [-0.25, -0.2) is 0 Å². The third-order valence-corrected chi connectivity index (χ3v) is 6.46. The molecule has 1 aromatic heterocycles. The van der Waals surface area contributed by atoms with Gasteiger partial charge in [-0.15, -0.1) is 0 Å². The molecule has 0 bridgehead atoms. The number of carbonyl (C=O) groups excluding carboxylic acids is 1. The molecule has 162 valence electrons. The van der Waals surface area contributed by atoms with Gasteiger partial charge in [0.15, 0.2) is 5.78 Å². The monoisotopic (exact) mass is 415 g/mol. The van der Waals surface area contributed by atoms with Gasteiger partial charge in [0, 0.05) is 24.8 Å². The van der Waals surface area contributed by atoms with Crippen molar-refractivity contribution in [2.45, 2.75) is 52.6 Å². The molecule has 4 rings (SSSR count). The van der Waals surface area contributed by atoms with Crippen molar-refractivity contribution in [3.8, 4) is 11.1 Å². The second kappa shape index (κ2) is 9.61. The van der Waals surface area contributed by atoms with Crippen molar-refractivity contribution in [3.05, 3.63) is 77.6 Å². The van der Waals surface area contributed by atoms with Gasteiger partial charge in [0.2, 0.25) is 0 Å². The van der Waals surface area contributed by atoms with Crippen LogP contribution in [0.5, 0.6) is 0 Å². The minimum absolute atomic E-state index is 0.107. The topological polar surface area (TPSA) is 38.1 Å². The fourth-order valence-corrected chi connectivity index (χ4v) is 4.33. The summed E-state index contributed by atoms with van der Waals surface area (Å²) in [6.07, 6.45) is 6.70. The summed E-state index contributed by atoms with van der Waals surface area (Å²) in [6.45, 7) is 10.4. The Morgan fingerprint density at radius 2 is 1.61 bits per heavy atom.